The Morgan fingerprint density at radius 3 is 2.59 bits per heavy atom. The topological polar surface area (TPSA) is 69.7 Å². The smallest absolute Gasteiger partial charge is 0.405 e. The summed E-state index contributed by atoms with van der Waals surface area (Å²) in [7, 11) is 1.99. The second kappa shape index (κ2) is 10.6. The SMILES string of the molecule is CNC1(C)NC(=NC2CCC(CNCc3ccccc3OC(F)(F)F)CC2)NC2=C1CCCC2. The van der Waals surface area contributed by atoms with Crippen LogP contribution in [-0.4, -0.2) is 37.6 Å². The number of alkyl halides is 3. The van der Waals surface area contributed by atoms with Crippen molar-refractivity contribution in [3.63, 3.8) is 0 Å². The van der Waals surface area contributed by atoms with E-state index in [0.717, 1.165) is 51.0 Å². The molecule has 188 valence electrons. The molecule has 0 amide bonds. The van der Waals surface area contributed by atoms with Crippen molar-refractivity contribution in [2.75, 3.05) is 13.6 Å². The molecule has 0 saturated heterocycles. The lowest BCUT2D eigenvalue weighted by molar-refractivity contribution is -0.274. The van der Waals surface area contributed by atoms with Gasteiger partial charge in [-0.05, 0) is 89.4 Å². The van der Waals surface area contributed by atoms with Crippen LogP contribution in [0.5, 0.6) is 5.75 Å². The van der Waals surface area contributed by atoms with Crippen molar-refractivity contribution in [3.8, 4) is 5.75 Å². The van der Waals surface area contributed by atoms with Gasteiger partial charge in [0.1, 0.15) is 11.4 Å². The molecule has 1 atom stereocenters. The molecule has 1 aromatic carbocycles. The van der Waals surface area contributed by atoms with Gasteiger partial charge in [0.15, 0.2) is 5.96 Å². The summed E-state index contributed by atoms with van der Waals surface area (Å²) in [4.78, 5) is 5.01. The van der Waals surface area contributed by atoms with Gasteiger partial charge in [-0.15, -0.1) is 13.2 Å². The summed E-state index contributed by atoms with van der Waals surface area (Å²) in [5.74, 6) is 1.22. The van der Waals surface area contributed by atoms with E-state index >= 15 is 0 Å². The Bertz CT molecular complexity index is 908. The first-order chi connectivity index (χ1) is 16.3. The van der Waals surface area contributed by atoms with E-state index in [4.69, 9.17) is 4.99 Å². The zero-order valence-corrected chi connectivity index (χ0v) is 20.0. The van der Waals surface area contributed by atoms with Gasteiger partial charge in [-0.2, -0.15) is 0 Å². The van der Waals surface area contributed by atoms with E-state index in [0.29, 0.717) is 18.0 Å². The highest BCUT2D eigenvalue weighted by Gasteiger charge is 2.36. The third-order valence-corrected chi connectivity index (χ3v) is 7.28. The first kappa shape index (κ1) is 24.9. The number of ether oxygens (including phenoxy) is 1. The molecule has 0 aromatic heterocycles. The van der Waals surface area contributed by atoms with Gasteiger partial charge in [0.05, 0.1) is 6.04 Å². The number of likely N-dealkylation sites (N-methyl/N-ethyl adjacent to an activating group) is 1. The first-order valence-corrected chi connectivity index (χ1v) is 12.3. The summed E-state index contributed by atoms with van der Waals surface area (Å²) >= 11 is 0. The van der Waals surface area contributed by atoms with Gasteiger partial charge in [0.25, 0.3) is 0 Å². The number of aliphatic imine (C=N–C) groups is 1. The number of hydrogen-bond acceptors (Lipinski definition) is 4. The molecule has 34 heavy (non-hydrogen) atoms. The van der Waals surface area contributed by atoms with Crippen molar-refractivity contribution in [1.82, 2.24) is 21.3 Å². The van der Waals surface area contributed by atoms with Crippen LogP contribution >= 0.6 is 0 Å². The number of hydrogen-bond donors (Lipinski definition) is 4. The van der Waals surface area contributed by atoms with Crippen LogP contribution in [0.3, 0.4) is 0 Å². The van der Waals surface area contributed by atoms with Crippen LogP contribution in [0.2, 0.25) is 0 Å². The molecule has 0 radical (unpaired) electrons. The largest absolute Gasteiger partial charge is 0.573 e. The summed E-state index contributed by atoms with van der Waals surface area (Å²) in [6.45, 7) is 3.31. The molecule has 9 heteroatoms. The van der Waals surface area contributed by atoms with Crippen molar-refractivity contribution in [2.45, 2.75) is 82.9 Å². The van der Waals surface area contributed by atoms with E-state index in [1.54, 1.807) is 18.2 Å². The highest BCUT2D eigenvalue weighted by atomic mass is 19.4. The molecule has 1 aromatic rings. The third-order valence-electron chi connectivity index (χ3n) is 7.28. The summed E-state index contributed by atoms with van der Waals surface area (Å²) in [6, 6.07) is 6.57. The number of nitrogens with one attached hydrogen (secondary N) is 4. The maximum absolute atomic E-state index is 12.6. The minimum absolute atomic E-state index is 0.140. The van der Waals surface area contributed by atoms with Gasteiger partial charge in [-0.25, -0.2) is 4.99 Å². The number of halogens is 3. The van der Waals surface area contributed by atoms with Crippen LogP contribution in [0.15, 0.2) is 40.5 Å². The Kier molecular flexibility index (Phi) is 7.72. The van der Waals surface area contributed by atoms with Gasteiger partial charge in [-0.3, -0.25) is 5.32 Å². The lowest BCUT2D eigenvalue weighted by Crippen LogP contribution is -2.64. The molecule has 2 aliphatic carbocycles. The Hall–Kier alpha value is -2.26. The van der Waals surface area contributed by atoms with Crippen LogP contribution in [-0.2, 0) is 6.54 Å². The van der Waals surface area contributed by atoms with Crippen molar-refractivity contribution < 1.29 is 17.9 Å². The van der Waals surface area contributed by atoms with Gasteiger partial charge in [0, 0.05) is 17.8 Å². The Balaban J connectivity index is 1.26. The van der Waals surface area contributed by atoms with E-state index in [1.807, 2.05) is 7.05 Å². The molecule has 1 fully saturated rings. The van der Waals surface area contributed by atoms with E-state index in [9.17, 15) is 13.2 Å². The van der Waals surface area contributed by atoms with Crippen molar-refractivity contribution in [1.29, 1.82) is 0 Å². The van der Waals surface area contributed by atoms with Crippen LogP contribution in [0.4, 0.5) is 13.2 Å². The number of benzene rings is 1. The maximum atomic E-state index is 12.6. The van der Waals surface area contributed by atoms with E-state index in [1.165, 1.54) is 30.2 Å². The molecule has 1 aliphatic heterocycles. The Morgan fingerprint density at radius 2 is 1.85 bits per heavy atom. The average Bonchev–Trinajstić information content (AvgIpc) is 2.80. The average molecular weight is 480 g/mol. The molecule has 0 spiro atoms. The molecule has 4 N–H and O–H groups in total. The summed E-state index contributed by atoms with van der Waals surface area (Å²) < 4.78 is 42.0. The molecule has 0 bridgehead atoms. The zero-order valence-electron chi connectivity index (χ0n) is 20.0. The highest BCUT2D eigenvalue weighted by Crippen LogP contribution is 2.33. The standard InChI is InChI=1S/C25H36F3N5O/c1-24(29-2)20-8-4-5-9-21(20)32-23(33-24)31-19-13-11-17(12-14-19)15-30-16-18-7-3-6-10-22(18)34-25(26,27)28/h3,6-7,10,17,19,29-30H,4-5,8-9,11-16H2,1-2H3,(H2,31,32,33). The monoisotopic (exact) mass is 479 g/mol. The highest BCUT2D eigenvalue weighted by molar-refractivity contribution is 5.84. The molecule has 1 unspecified atom stereocenters. The number of rotatable bonds is 7. The normalized spacial score (nSPS) is 28.8. The van der Waals surface area contributed by atoms with Gasteiger partial charge in [0.2, 0.25) is 0 Å². The quantitative estimate of drug-likeness (QED) is 0.462. The third kappa shape index (κ3) is 6.24. The molecule has 4 rings (SSSR count). The van der Waals surface area contributed by atoms with Crippen LogP contribution in [0.1, 0.15) is 63.9 Å². The summed E-state index contributed by atoms with van der Waals surface area (Å²) in [6.07, 6.45) is 4.04. The van der Waals surface area contributed by atoms with Crippen LogP contribution in [0, 0.1) is 5.92 Å². The number of allylic oxidation sites excluding steroid dienone is 1. The van der Waals surface area contributed by atoms with E-state index < -0.39 is 6.36 Å². The Labute approximate surface area is 199 Å². The lowest BCUT2D eigenvalue weighted by Gasteiger charge is -2.43. The Morgan fingerprint density at radius 1 is 1.12 bits per heavy atom. The molecular formula is C25H36F3N5O. The van der Waals surface area contributed by atoms with Crippen molar-refractivity contribution in [3.05, 3.63) is 41.1 Å². The number of para-hydroxylation sites is 1. The maximum Gasteiger partial charge on any atom is 0.573 e. The van der Waals surface area contributed by atoms with Gasteiger partial charge < -0.3 is 20.7 Å². The lowest BCUT2D eigenvalue weighted by atomic mass is 9.85. The molecule has 3 aliphatic rings. The van der Waals surface area contributed by atoms with Gasteiger partial charge in [-0.1, -0.05) is 18.2 Å². The fourth-order valence-corrected chi connectivity index (χ4v) is 5.31. The van der Waals surface area contributed by atoms with Crippen molar-refractivity contribution in [2.24, 2.45) is 10.9 Å². The van der Waals surface area contributed by atoms with Gasteiger partial charge >= 0.3 is 6.36 Å². The predicted octanol–water partition coefficient (Wildman–Crippen LogP) is 4.55. The van der Waals surface area contributed by atoms with Crippen LogP contribution < -0.4 is 26.0 Å². The van der Waals surface area contributed by atoms with Crippen LogP contribution in [0.25, 0.3) is 0 Å². The fourth-order valence-electron chi connectivity index (χ4n) is 5.31. The molecule has 1 saturated carbocycles. The van der Waals surface area contributed by atoms with E-state index in [-0.39, 0.29) is 17.5 Å². The minimum atomic E-state index is -4.68. The molecule has 6 nitrogen and oxygen atoms in total. The fraction of sp³-hybridized carbons (Fsp3) is 0.640. The second-order valence-electron chi connectivity index (χ2n) is 9.73. The zero-order chi connectivity index (χ0) is 24.2. The summed E-state index contributed by atoms with van der Waals surface area (Å²) in [5.41, 5.74) is 2.98. The van der Waals surface area contributed by atoms with Crippen molar-refractivity contribution >= 4 is 5.96 Å². The summed E-state index contributed by atoms with van der Waals surface area (Å²) in [5, 5.41) is 13.9. The predicted molar refractivity (Wildman–Crippen MR) is 127 cm³/mol. The molecular weight excluding hydrogens is 443 g/mol. The number of nitrogens with zero attached hydrogens (tertiary/aromatic N) is 1. The number of guanidine groups is 1. The second-order valence-corrected chi connectivity index (χ2v) is 9.73. The van der Waals surface area contributed by atoms with E-state index in [2.05, 4.69) is 32.9 Å². The first-order valence-electron chi connectivity index (χ1n) is 12.3. The minimum Gasteiger partial charge on any atom is -0.405 e. The molecule has 1 heterocycles.